The molecule has 1 rings (SSSR count). The molecular weight excluding hydrogens is 205 g/mol. The first-order valence-electron chi connectivity index (χ1n) is 4.14. The summed E-state index contributed by atoms with van der Waals surface area (Å²) in [5.41, 5.74) is 0.988. The third-order valence-electron chi connectivity index (χ3n) is 1.73. The number of carboxylic acid groups (broad SMARTS) is 1. The molecule has 15 heavy (non-hydrogen) atoms. The van der Waals surface area contributed by atoms with Crippen molar-refractivity contribution in [3.05, 3.63) is 35.4 Å². The Bertz CT molecular complexity index is 348. The molecule has 0 spiro atoms. The fraction of sp³-hybridized carbons (Fsp3) is 0.200. The zero-order valence-corrected chi connectivity index (χ0v) is 10.7. The molecule has 1 N–H and O–H groups in total. The van der Waals surface area contributed by atoms with Crippen LogP contribution in [0.5, 0.6) is 0 Å². The molecule has 0 radical (unpaired) electrons. The molecule has 0 bridgehead atoms. The van der Waals surface area contributed by atoms with Gasteiger partial charge in [-0.2, -0.15) is 0 Å². The van der Waals surface area contributed by atoms with Crippen LogP contribution >= 0.6 is 0 Å². The number of carbonyl (C=O) groups is 2. The van der Waals surface area contributed by atoms with Crippen molar-refractivity contribution in [2.24, 2.45) is 0 Å². The summed E-state index contributed by atoms with van der Waals surface area (Å²) < 4.78 is 0. The van der Waals surface area contributed by atoms with Crippen molar-refractivity contribution in [3.63, 3.8) is 0 Å². The minimum Gasteiger partial charge on any atom is -0.545 e. The van der Waals surface area contributed by atoms with Crippen molar-refractivity contribution in [2.45, 2.75) is 13.5 Å². The van der Waals surface area contributed by atoms with Crippen LogP contribution in [0.3, 0.4) is 0 Å². The van der Waals surface area contributed by atoms with E-state index < -0.39 is 5.97 Å². The van der Waals surface area contributed by atoms with E-state index in [2.05, 4.69) is 5.32 Å². The molecule has 74 valence electrons. The molecule has 0 aliphatic heterocycles. The second kappa shape index (κ2) is 6.61. The Morgan fingerprint density at radius 2 is 1.80 bits per heavy atom. The number of nitrogens with one attached hydrogen (secondary N) is 1. The molecule has 0 unspecified atom stereocenters. The fourth-order valence-corrected chi connectivity index (χ4v) is 0.985. The van der Waals surface area contributed by atoms with Gasteiger partial charge in [-0.3, -0.25) is 4.79 Å². The quantitative estimate of drug-likeness (QED) is 0.537. The van der Waals surface area contributed by atoms with Crippen LogP contribution in [0.25, 0.3) is 0 Å². The summed E-state index contributed by atoms with van der Waals surface area (Å²) in [5.74, 6) is -1.31. The van der Waals surface area contributed by atoms with Crippen molar-refractivity contribution < 1.29 is 44.3 Å². The summed E-state index contributed by atoms with van der Waals surface area (Å²) in [4.78, 5) is 21.0. The van der Waals surface area contributed by atoms with E-state index in [1.54, 1.807) is 12.1 Å². The van der Waals surface area contributed by atoms with Gasteiger partial charge >= 0.3 is 29.6 Å². The third-order valence-corrected chi connectivity index (χ3v) is 1.73. The molecule has 0 fully saturated rings. The molecule has 0 saturated carbocycles. The average molecular weight is 215 g/mol. The van der Waals surface area contributed by atoms with Gasteiger partial charge in [-0.05, 0) is 11.1 Å². The van der Waals surface area contributed by atoms with Gasteiger partial charge in [0.25, 0.3) is 0 Å². The van der Waals surface area contributed by atoms with Crippen molar-refractivity contribution in [1.29, 1.82) is 0 Å². The Morgan fingerprint density at radius 1 is 1.27 bits per heavy atom. The number of benzene rings is 1. The van der Waals surface area contributed by atoms with Gasteiger partial charge in [0.1, 0.15) is 0 Å². The number of amides is 1. The predicted octanol–water partition coefficient (Wildman–Crippen LogP) is -3.31. The van der Waals surface area contributed by atoms with E-state index in [0.717, 1.165) is 5.56 Å². The Balaban J connectivity index is 0.00000196. The zero-order chi connectivity index (χ0) is 10.6. The summed E-state index contributed by atoms with van der Waals surface area (Å²) in [7, 11) is 0. The SMILES string of the molecule is CC(=O)NCc1ccc(C(=O)[O-])cc1.[Na+]. The van der Waals surface area contributed by atoms with Gasteiger partial charge in [0.2, 0.25) is 5.91 Å². The van der Waals surface area contributed by atoms with Crippen molar-refractivity contribution in [3.8, 4) is 0 Å². The van der Waals surface area contributed by atoms with Gasteiger partial charge in [-0.1, -0.05) is 24.3 Å². The number of aromatic carboxylic acids is 1. The molecule has 0 atom stereocenters. The van der Waals surface area contributed by atoms with Crippen molar-refractivity contribution in [1.82, 2.24) is 5.32 Å². The van der Waals surface area contributed by atoms with Gasteiger partial charge in [0, 0.05) is 13.5 Å². The largest absolute Gasteiger partial charge is 1.00 e. The maximum Gasteiger partial charge on any atom is 1.00 e. The van der Waals surface area contributed by atoms with Crippen LogP contribution in [0.2, 0.25) is 0 Å². The molecule has 0 heterocycles. The van der Waals surface area contributed by atoms with Crippen LogP contribution in [0, 0.1) is 0 Å². The fourth-order valence-electron chi connectivity index (χ4n) is 0.985. The smallest absolute Gasteiger partial charge is 0.545 e. The number of carbonyl (C=O) groups excluding carboxylic acids is 2. The maximum absolute atomic E-state index is 10.6. The molecular formula is C10H10NNaO3. The number of hydrogen-bond donors (Lipinski definition) is 1. The van der Waals surface area contributed by atoms with Crippen LogP contribution < -0.4 is 40.0 Å². The van der Waals surface area contributed by atoms with Gasteiger partial charge in [-0.25, -0.2) is 0 Å². The second-order valence-electron chi connectivity index (χ2n) is 2.89. The van der Waals surface area contributed by atoms with Gasteiger partial charge < -0.3 is 15.2 Å². The first-order valence-corrected chi connectivity index (χ1v) is 4.14. The topological polar surface area (TPSA) is 69.2 Å². The molecule has 0 saturated heterocycles. The van der Waals surface area contributed by atoms with E-state index in [9.17, 15) is 14.7 Å². The third kappa shape index (κ3) is 4.97. The minimum atomic E-state index is -1.20. The van der Waals surface area contributed by atoms with Crippen molar-refractivity contribution >= 4 is 11.9 Å². The van der Waals surface area contributed by atoms with Gasteiger partial charge in [0.15, 0.2) is 0 Å². The van der Waals surface area contributed by atoms with E-state index >= 15 is 0 Å². The van der Waals surface area contributed by atoms with E-state index in [-0.39, 0.29) is 41.0 Å². The Labute approximate surface area is 110 Å². The summed E-state index contributed by atoms with van der Waals surface area (Å²) in [6.07, 6.45) is 0. The van der Waals surface area contributed by atoms with Crippen molar-refractivity contribution in [2.75, 3.05) is 0 Å². The van der Waals surface area contributed by atoms with Gasteiger partial charge in [0.05, 0.1) is 5.97 Å². The molecule has 0 aliphatic rings. The summed E-state index contributed by atoms with van der Waals surface area (Å²) >= 11 is 0. The van der Waals surface area contributed by atoms with Crippen LogP contribution in [-0.4, -0.2) is 11.9 Å². The normalized spacial score (nSPS) is 8.87. The van der Waals surface area contributed by atoms with Gasteiger partial charge in [-0.15, -0.1) is 0 Å². The first-order chi connectivity index (χ1) is 6.59. The molecule has 1 aromatic carbocycles. The molecule has 5 heteroatoms. The molecule has 1 amide bonds. The number of carboxylic acids is 1. The van der Waals surface area contributed by atoms with Crippen LogP contribution in [0.15, 0.2) is 24.3 Å². The predicted molar refractivity (Wildman–Crippen MR) is 48.3 cm³/mol. The number of rotatable bonds is 3. The number of hydrogen-bond acceptors (Lipinski definition) is 3. The standard InChI is InChI=1S/C10H11NO3.Na/c1-7(12)11-6-8-2-4-9(5-3-8)10(13)14;/h2-5H,6H2,1H3,(H,11,12)(H,13,14);/q;+1/p-1. The molecule has 4 nitrogen and oxygen atoms in total. The Hall–Kier alpha value is -0.840. The summed E-state index contributed by atoms with van der Waals surface area (Å²) in [5, 5.41) is 13.0. The Morgan fingerprint density at radius 3 is 2.20 bits per heavy atom. The average Bonchev–Trinajstić information content (AvgIpc) is 2.15. The minimum absolute atomic E-state index is 0. The monoisotopic (exact) mass is 215 g/mol. The van der Waals surface area contributed by atoms with E-state index in [1.165, 1.54) is 19.1 Å². The first kappa shape index (κ1) is 14.2. The summed E-state index contributed by atoms with van der Waals surface area (Å²) in [6.45, 7) is 1.83. The van der Waals surface area contributed by atoms with Crippen LogP contribution in [0.4, 0.5) is 0 Å². The molecule has 0 aliphatic carbocycles. The van der Waals surface area contributed by atoms with E-state index in [4.69, 9.17) is 0 Å². The second-order valence-corrected chi connectivity index (χ2v) is 2.89. The summed E-state index contributed by atoms with van der Waals surface area (Å²) in [6, 6.07) is 6.18. The Kier molecular flexibility index (Phi) is 6.24. The zero-order valence-electron chi connectivity index (χ0n) is 8.74. The van der Waals surface area contributed by atoms with E-state index in [0.29, 0.717) is 6.54 Å². The van der Waals surface area contributed by atoms with Crippen LogP contribution in [-0.2, 0) is 11.3 Å². The molecule has 0 aromatic heterocycles. The maximum atomic E-state index is 10.6. The van der Waals surface area contributed by atoms with Crippen LogP contribution in [0.1, 0.15) is 22.8 Å². The molecule has 1 aromatic rings. The van der Waals surface area contributed by atoms with E-state index in [1.807, 2.05) is 0 Å².